The van der Waals surface area contributed by atoms with Crippen LogP contribution in [0.5, 0.6) is 0 Å². The van der Waals surface area contributed by atoms with E-state index in [0.717, 1.165) is 18.3 Å². The predicted octanol–water partition coefficient (Wildman–Crippen LogP) is 8.48. The summed E-state index contributed by atoms with van der Waals surface area (Å²) in [5.41, 5.74) is 6.41. The number of aliphatic hydroxyl groups is 1. The number of hydrogen-bond donors (Lipinski definition) is 1. The van der Waals surface area contributed by atoms with E-state index in [-0.39, 0.29) is 11.5 Å². The Morgan fingerprint density at radius 3 is 2.35 bits per heavy atom. The molecule has 31 heavy (non-hydrogen) atoms. The summed E-state index contributed by atoms with van der Waals surface area (Å²) in [4.78, 5) is 0. The molecule has 0 amide bonds. The maximum Gasteiger partial charge on any atom is 0.0594 e. The van der Waals surface area contributed by atoms with Gasteiger partial charge in [0.15, 0.2) is 0 Å². The summed E-state index contributed by atoms with van der Waals surface area (Å²) in [5.74, 6) is 2.32. The molecule has 0 heterocycles. The monoisotopic (exact) mass is 426 g/mol. The van der Waals surface area contributed by atoms with Gasteiger partial charge in [-0.2, -0.15) is 0 Å². The molecule has 2 fully saturated rings. The molecule has 0 aromatic carbocycles. The van der Waals surface area contributed by atoms with Crippen molar-refractivity contribution in [3.8, 4) is 0 Å². The van der Waals surface area contributed by atoms with Gasteiger partial charge in [-0.3, -0.25) is 0 Å². The molecule has 0 spiro atoms. The predicted molar refractivity (Wildman–Crippen MR) is 133 cm³/mol. The van der Waals surface area contributed by atoms with Gasteiger partial charge in [0.2, 0.25) is 0 Å². The Kier molecular flexibility index (Phi) is 5.90. The molecule has 0 aromatic heterocycles. The molecule has 1 heteroatoms. The van der Waals surface area contributed by atoms with E-state index in [2.05, 4.69) is 61.5 Å². The second-order valence-electron chi connectivity index (χ2n) is 13.6. The van der Waals surface area contributed by atoms with Gasteiger partial charge in [0, 0.05) is 0 Å². The summed E-state index contributed by atoms with van der Waals surface area (Å²) in [5, 5.41) is 10.8. The van der Waals surface area contributed by atoms with Gasteiger partial charge < -0.3 is 5.11 Å². The van der Waals surface area contributed by atoms with E-state index in [1.54, 1.807) is 0 Å². The highest BCUT2D eigenvalue weighted by Gasteiger charge is 2.63. The van der Waals surface area contributed by atoms with E-state index in [0.29, 0.717) is 22.2 Å². The average Bonchev–Trinajstić information content (AvgIpc) is 2.96. The quantitative estimate of drug-likeness (QED) is 0.447. The number of aliphatic hydroxyl groups excluding tert-OH is 1. The second kappa shape index (κ2) is 7.75. The molecule has 0 aromatic rings. The van der Waals surface area contributed by atoms with Crippen molar-refractivity contribution >= 4 is 0 Å². The Morgan fingerprint density at radius 1 is 0.968 bits per heavy atom. The summed E-state index contributed by atoms with van der Waals surface area (Å²) in [6.07, 6.45) is 15.2. The standard InChI is InChI=1S/C30H50O/c1-20(2)10-9-11-21(3)22-14-18-30(8)24-12-13-25-27(4,5)26(31)16-17-28(25,6)23(24)15-19-29(22,30)7/h10,21-22,25-26,31H,9,11-19H2,1-8H3/t21-,22+,25-,26+,28+,29-,30-/m0/s1. The Bertz CT molecular complexity index is 767. The minimum atomic E-state index is -0.130. The molecule has 0 unspecified atom stereocenters. The van der Waals surface area contributed by atoms with Crippen molar-refractivity contribution in [3.63, 3.8) is 0 Å². The molecule has 1 N–H and O–H groups in total. The lowest BCUT2D eigenvalue weighted by Gasteiger charge is -2.62. The topological polar surface area (TPSA) is 20.2 Å². The van der Waals surface area contributed by atoms with Crippen molar-refractivity contribution in [2.75, 3.05) is 0 Å². The minimum absolute atomic E-state index is 0.0465. The first-order valence-corrected chi connectivity index (χ1v) is 13.4. The van der Waals surface area contributed by atoms with Gasteiger partial charge in [-0.25, -0.2) is 0 Å². The second-order valence-corrected chi connectivity index (χ2v) is 13.6. The van der Waals surface area contributed by atoms with Crippen molar-refractivity contribution in [2.24, 2.45) is 39.4 Å². The zero-order valence-electron chi connectivity index (χ0n) is 21.9. The van der Waals surface area contributed by atoms with Gasteiger partial charge >= 0.3 is 0 Å². The van der Waals surface area contributed by atoms with Gasteiger partial charge in [0.25, 0.3) is 0 Å². The fourth-order valence-electron chi connectivity index (χ4n) is 9.47. The number of rotatable bonds is 4. The van der Waals surface area contributed by atoms with Crippen LogP contribution in [0.1, 0.15) is 120 Å². The van der Waals surface area contributed by atoms with Crippen molar-refractivity contribution in [1.82, 2.24) is 0 Å². The van der Waals surface area contributed by atoms with Crippen LogP contribution in [0.3, 0.4) is 0 Å². The molecule has 0 saturated heterocycles. The minimum Gasteiger partial charge on any atom is -0.393 e. The third-order valence-corrected chi connectivity index (χ3v) is 11.7. The van der Waals surface area contributed by atoms with E-state index in [1.165, 1.54) is 63.4 Å². The van der Waals surface area contributed by atoms with Crippen molar-refractivity contribution < 1.29 is 5.11 Å². The number of allylic oxidation sites excluding steroid dienone is 4. The van der Waals surface area contributed by atoms with E-state index < -0.39 is 0 Å². The van der Waals surface area contributed by atoms with Gasteiger partial charge in [0.05, 0.1) is 6.10 Å². The van der Waals surface area contributed by atoms with Crippen molar-refractivity contribution in [1.29, 1.82) is 0 Å². The third-order valence-electron chi connectivity index (χ3n) is 11.7. The Hall–Kier alpha value is -0.560. The van der Waals surface area contributed by atoms with Gasteiger partial charge in [-0.05, 0) is 117 Å². The van der Waals surface area contributed by atoms with Gasteiger partial charge in [-0.15, -0.1) is 0 Å². The highest BCUT2D eigenvalue weighted by molar-refractivity contribution is 5.38. The number of fused-ring (bicyclic) bond motifs is 4. The lowest BCUT2D eigenvalue weighted by Crippen LogP contribution is -2.55. The first kappa shape index (κ1) is 23.6. The Labute approximate surface area is 193 Å². The van der Waals surface area contributed by atoms with E-state index in [9.17, 15) is 5.11 Å². The SMILES string of the molecule is CC(C)=CCC[C@H](C)[C@H]1CC[C@@]2(C)C3=C(CC[C@@]12C)[C@@]1(C)CC[C@@H](O)C(C)(C)[C@@H]1CC3. The molecular weight excluding hydrogens is 376 g/mol. The zero-order valence-corrected chi connectivity index (χ0v) is 21.9. The Morgan fingerprint density at radius 2 is 1.68 bits per heavy atom. The molecule has 4 rings (SSSR count). The van der Waals surface area contributed by atoms with Crippen molar-refractivity contribution in [2.45, 2.75) is 126 Å². The molecular formula is C30H50O. The molecule has 4 aliphatic carbocycles. The normalized spacial score (nSPS) is 44.9. The fraction of sp³-hybridized carbons (Fsp3) is 0.867. The largest absolute Gasteiger partial charge is 0.393 e. The highest BCUT2D eigenvalue weighted by atomic mass is 16.3. The van der Waals surface area contributed by atoms with Crippen LogP contribution in [0.15, 0.2) is 22.8 Å². The maximum atomic E-state index is 10.8. The molecule has 7 atom stereocenters. The Balaban J connectivity index is 1.65. The molecule has 0 aliphatic heterocycles. The first-order valence-electron chi connectivity index (χ1n) is 13.4. The zero-order chi connectivity index (χ0) is 22.8. The van der Waals surface area contributed by atoms with Crippen LogP contribution in [0.4, 0.5) is 0 Å². The summed E-state index contributed by atoms with van der Waals surface area (Å²) >= 11 is 0. The summed E-state index contributed by atoms with van der Waals surface area (Å²) in [7, 11) is 0. The summed E-state index contributed by atoms with van der Waals surface area (Å²) in [6.45, 7) is 19.6. The van der Waals surface area contributed by atoms with Crippen LogP contribution in [0.25, 0.3) is 0 Å². The molecule has 4 aliphatic rings. The summed E-state index contributed by atoms with van der Waals surface area (Å²) in [6, 6.07) is 0. The van der Waals surface area contributed by atoms with E-state index in [4.69, 9.17) is 0 Å². The van der Waals surface area contributed by atoms with Crippen molar-refractivity contribution in [3.05, 3.63) is 22.8 Å². The van der Waals surface area contributed by atoms with Gasteiger partial charge in [0.1, 0.15) is 0 Å². The molecule has 0 bridgehead atoms. The lowest BCUT2D eigenvalue weighted by molar-refractivity contribution is -0.0962. The first-order chi connectivity index (χ1) is 14.4. The van der Waals surface area contributed by atoms with Crippen LogP contribution in [0.2, 0.25) is 0 Å². The molecule has 0 radical (unpaired) electrons. The third kappa shape index (κ3) is 3.34. The lowest BCUT2D eigenvalue weighted by atomic mass is 9.43. The van der Waals surface area contributed by atoms with Crippen LogP contribution >= 0.6 is 0 Å². The fourth-order valence-corrected chi connectivity index (χ4v) is 9.47. The smallest absolute Gasteiger partial charge is 0.0594 e. The molecule has 2 saturated carbocycles. The highest BCUT2D eigenvalue weighted by Crippen LogP contribution is 2.72. The van der Waals surface area contributed by atoms with E-state index in [1.807, 2.05) is 11.1 Å². The molecule has 1 nitrogen and oxygen atoms in total. The molecule has 176 valence electrons. The summed E-state index contributed by atoms with van der Waals surface area (Å²) < 4.78 is 0. The van der Waals surface area contributed by atoms with Crippen LogP contribution in [-0.4, -0.2) is 11.2 Å². The maximum absolute atomic E-state index is 10.8. The van der Waals surface area contributed by atoms with Crippen LogP contribution in [0, 0.1) is 39.4 Å². The number of hydrogen-bond acceptors (Lipinski definition) is 1. The van der Waals surface area contributed by atoms with Crippen LogP contribution in [-0.2, 0) is 0 Å². The van der Waals surface area contributed by atoms with Gasteiger partial charge in [-0.1, -0.05) is 64.3 Å². The average molecular weight is 427 g/mol. The van der Waals surface area contributed by atoms with Crippen LogP contribution < -0.4 is 0 Å². The van der Waals surface area contributed by atoms with E-state index >= 15 is 0 Å².